The van der Waals surface area contributed by atoms with Crippen molar-refractivity contribution < 1.29 is 43.9 Å². The molecule has 0 atom stereocenters. The fraction of sp³-hybridized carbons (Fsp3) is 0.268. The Labute approximate surface area is 303 Å². The van der Waals surface area contributed by atoms with Gasteiger partial charge in [-0.3, -0.25) is 0 Å². The third-order valence-corrected chi connectivity index (χ3v) is 16.2. The molecule has 12 heteroatoms. The van der Waals surface area contributed by atoms with Crippen LogP contribution in [0.2, 0.25) is 0 Å². The van der Waals surface area contributed by atoms with Crippen molar-refractivity contribution in [2.45, 2.75) is 69.2 Å². The summed E-state index contributed by atoms with van der Waals surface area (Å²) in [5.41, 5.74) is -1.37. The van der Waals surface area contributed by atoms with E-state index in [4.69, 9.17) is 0 Å². The van der Waals surface area contributed by atoms with Crippen molar-refractivity contribution in [1.29, 1.82) is 0 Å². The second-order valence-electron chi connectivity index (χ2n) is 15.3. The lowest BCUT2D eigenvalue weighted by atomic mass is 9.32. The zero-order chi connectivity index (χ0) is 40.0. The number of halogens is 10. The van der Waals surface area contributed by atoms with Gasteiger partial charge in [0.15, 0.2) is 34.9 Å². The van der Waals surface area contributed by atoms with E-state index in [1.165, 1.54) is 19.1 Å². The lowest BCUT2D eigenvalue weighted by Gasteiger charge is -2.63. The number of benzene rings is 4. The van der Waals surface area contributed by atoms with Crippen LogP contribution in [0.15, 0.2) is 59.4 Å². The molecule has 1 heterocycles. The minimum Gasteiger partial charge on any atom is -0.207 e. The van der Waals surface area contributed by atoms with E-state index >= 15 is 35.1 Å². The predicted octanol–water partition coefficient (Wildman–Crippen LogP) is 10.6. The van der Waals surface area contributed by atoms with E-state index in [1.54, 1.807) is 86.6 Å². The Kier molecular flexibility index (Phi) is 10.1. The fourth-order valence-electron chi connectivity index (χ4n) is 8.84. The van der Waals surface area contributed by atoms with E-state index in [0.29, 0.717) is 33.4 Å². The van der Waals surface area contributed by atoms with Gasteiger partial charge in [-0.2, -0.15) is 0 Å². The van der Waals surface area contributed by atoms with Gasteiger partial charge in [-0.05, 0) is 88.8 Å². The molecule has 0 aromatic heterocycles. The Hall–Kier alpha value is -4.11. The molecule has 0 spiro atoms. The standard InChI is InChI=1S/C41H38BF10P/c1-18(2)38-25(12-13-41(9,10)11)42(26-28(43)32(47)36(51)33(48)29(26)44,27-30(45)34(49)37(52)35(50)31(27)46)53(38,39-21(5)14-19(3)15-22(39)6)40-23(7)16-20(4)17-24(40)8/h12-17H,1H2,2-11H3/b13-12+. The maximum Gasteiger partial charge on any atom is 0.277 e. The van der Waals surface area contributed by atoms with Crippen LogP contribution < -0.4 is 21.5 Å². The maximum atomic E-state index is 17.0. The molecule has 0 N–H and O–H groups in total. The highest BCUT2D eigenvalue weighted by Crippen LogP contribution is 2.82. The topological polar surface area (TPSA) is 0 Å². The zero-order valence-electron chi connectivity index (χ0n) is 31.0. The van der Waals surface area contributed by atoms with Gasteiger partial charge < -0.3 is 0 Å². The third kappa shape index (κ3) is 5.54. The number of hydrogen-bond donors (Lipinski definition) is 0. The van der Waals surface area contributed by atoms with Crippen LogP contribution in [0.5, 0.6) is 0 Å². The lowest BCUT2D eigenvalue weighted by Crippen LogP contribution is -2.74. The summed E-state index contributed by atoms with van der Waals surface area (Å²) < 4.78 is 161. The number of aryl methyl sites for hydroxylation is 6. The summed E-state index contributed by atoms with van der Waals surface area (Å²) in [6, 6.07) is 6.72. The first kappa shape index (κ1) is 40.1. The second kappa shape index (κ2) is 13.3. The maximum absolute atomic E-state index is 17.0. The van der Waals surface area contributed by atoms with Crippen molar-refractivity contribution in [1.82, 2.24) is 0 Å². The molecule has 0 radical (unpaired) electrons. The SMILES string of the molecule is C=C(C)C1=C(/C=C/C(C)(C)C)[B-](c2c(F)c(F)c(F)c(F)c2F)(c2c(F)c(F)c(F)c(F)c2F)[P+]1(c1c(C)cc(C)cc1C)c1c(C)cc(C)cc1C. The molecule has 0 saturated heterocycles. The molecule has 0 bridgehead atoms. The molecule has 0 fully saturated rings. The highest BCUT2D eigenvalue weighted by atomic mass is 31.2. The van der Waals surface area contributed by atoms with Crippen LogP contribution in [0.3, 0.4) is 0 Å². The normalized spacial score (nSPS) is 15.4. The van der Waals surface area contributed by atoms with Gasteiger partial charge >= 0.3 is 0 Å². The molecule has 0 aliphatic carbocycles. The Morgan fingerprint density at radius 3 is 1.09 bits per heavy atom. The monoisotopic (exact) mass is 762 g/mol. The van der Waals surface area contributed by atoms with Gasteiger partial charge in [-0.1, -0.05) is 85.8 Å². The number of hydrogen-bond acceptors (Lipinski definition) is 0. The summed E-state index contributed by atoms with van der Waals surface area (Å²) in [7, 11) is -4.45. The van der Waals surface area contributed by atoms with E-state index in [1.807, 2.05) is 0 Å². The molecule has 1 aliphatic rings. The summed E-state index contributed by atoms with van der Waals surface area (Å²) in [5, 5.41) is 0.602. The van der Waals surface area contributed by atoms with E-state index < -0.39 is 87.5 Å². The van der Waals surface area contributed by atoms with E-state index in [-0.39, 0.29) is 27.0 Å². The van der Waals surface area contributed by atoms with Crippen molar-refractivity contribution in [2.24, 2.45) is 5.41 Å². The largest absolute Gasteiger partial charge is 0.277 e. The van der Waals surface area contributed by atoms with Crippen LogP contribution in [0.4, 0.5) is 43.9 Å². The molecule has 4 aromatic rings. The van der Waals surface area contributed by atoms with Gasteiger partial charge in [0.05, 0.1) is 10.6 Å². The van der Waals surface area contributed by atoms with Gasteiger partial charge in [0.1, 0.15) is 23.3 Å². The second-order valence-corrected chi connectivity index (χ2v) is 18.9. The average Bonchev–Trinajstić information content (AvgIpc) is 3.03. The zero-order valence-corrected chi connectivity index (χ0v) is 31.9. The molecule has 53 heavy (non-hydrogen) atoms. The molecule has 0 nitrogen and oxygen atoms in total. The Morgan fingerprint density at radius 1 is 0.547 bits per heavy atom. The summed E-state index contributed by atoms with van der Waals surface area (Å²) in [5.74, 6) is -29.2. The molecule has 0 unspecified atom stereocenters. The lowest BCUT2D eigenvalue weighted by molar-refractivity contribution is 0.382. The third-order valence-electron chi connectivity index (χ3n) is 10.1. The summed E-state index contributed by atoms with van der Waals surface area (Å²) in [6.45, 7) is 20.8. The molecular weight excluding hydrogens is 724 g/mol. The minimum absolute atomic E-state index is 0.163. The minimum atomic E-state index is -4.45. The van der Waals surface area contributed by atoms with Crippen molar-refractivity contribution in [3.8, 4) is 0 Å². The smallest absolute Gasteiger partial charge is 0.207 e. The Bertz CT molecular complexity index is 2100. The first-order valence-corrected chi connectivity index (χ1v) is 18.6. The highest BCUT2D eigenvalue weighted by molar-refractivity contribution is 8.27. The van der Waals surface area contributed by atoms with Gasteiger partial charge in [-0.25, -0.2) is 43.9 Å². The van der Waals surface area contributed by atoms with Crippen LogP contribution in [0.1, 0.15) is 61.1 Å². The van der Waals surface area contributed by atoms with Crippen molar-refractivity contribution in [3.63, 3.8) is 0 Å². The van der Waals surface area contributed by atoms with Crippen LogP contribution in [-0.2, 0) is 0 Å². The first-order valence-electron chi connectivity index (χ1n) is 16.8. The molecule has 280 valence electrons. The highest BCUT2D eigenvalue weighted by Gasteiger charge is 2.74. The fourth-order valence-corrected chi connectivity index (χ4v) is 16.1. The van der Waals surface area contributed by atoms with Crippen molar-refractivity contribution >= 4 is 34.5 Å². The average molecular weight is 763 g/mol. The molecule has 1 aliphatic heterocycles. The molecule has 0 amide bonds. The van der Waals surface area contributed by atoms with Gasteiger partial charge in [0, 0.05) is 5.31 Å². The summed E-state index contributed by atoms with van der Waals surface area (Å²) in [4.78, 5) is 0. The van der Waals surface area contributed by atoms with E-state index in [2.05, 4.69) is 6.58 Å². The van der Waals surface area contributed by atoms with Crippen LogP contribution in [0.25, 0.3) is 0 Å². The quantitative estimate of drug-likeness (QED) is 0.0604. The molecule has 5 rings (SSSR count). The Morgan fingerprint density at radius 2 is 0.830 bits per heavy atom. The van der Waals surface area contributed by atoms with Crippen LogP contribution in [0, 0.1) is 105 Å². The van der Waals surface area contributed by atoms with Gasteiger partial charge in [0.25, 0.3) is 5.87 Å². The van der Waals surface area contributed by atoms with Crippen molar-refractivity contribution in [2.75, 3.05) is 0 Å². The summed E-state index contributed by atoms with van der Waals surface area (Å²) in [6.07, 6.45) is 2.73. The van der Waals surface area contributed by atoms with Crippen molar-refractivity contribution in [3.05, 3.63) is 151 Å². The first-order chi connectivity index (χ1) is 24.4. The number of rotatable bonds is 6. The van der Waals surface area contributed by atoms with E-state index in [9.17, 15) is 8.78 Å². The van der Waals surface area contributed by atoms with E-state index in [0.717, 1.165) is 0 Å². The molecular formula is C41H38BF10P. The van der Waals surface area contributed by atoms with Gasteiger partial charge in [-0.15, -0.1) is 5.47 Å². The van der Waals surface area contributed by atoms with Crippen LogP contribution in [-0.4, -0.2) is 5.87 Å². The molecule has 4 aromatic carbocycles. The number of allylic oxidation sites excluding steroid dienone is 5. The molecule has 0 saturated carbocycles. The van der Waals surface area contributed by atoms with Crippen LogP contribution >= 0.6 is 7.14 Å². The predicted molar refractivity (Wildman–Crippen MR) is 195 cm³/mol. The Balaban J connectivity index is 2.41. The van der Waals surface area contributed by atoms with Gasteiger partial charge in [0.2, 0.25) is 0 Å². The summed E-state index contributed by atoms with van der Waals surface area (Å²) >= 11 is 0.